The van der Waals surface area contributed by atoms with E-state index in [2.05, 4.69) is 17.1 Å². The molecule has 0 unspecified atom stereocenters. The summed E-state index contributed by atoms with van der Waals surface area (Å²) in [5, 5.41) is 9.45. The van der Waals surface area contributed by atoms with E-state index in [-0.39, 0.29) is 16.8 Å². The lowest BCUT2D eigenvalue weighted by atomic mass is 10.1. The van der Waals surface area contributed by atoms with Gasteiger partial charge in [0.2, 0.25) is 5.78 Å². The number of fused-ring (bicyclic) bond motifs is 3. The number of thioether (sulfide) groups is 1. The molecule has 8 heteroatoms. The Balaban J connectivity index is 1.77. The summed E-state index contributed by atoms with van der Waals surface area (Å²) in [6.07, 6.45) is 1.56. The molecule has 146 valence electrons. The molecule has 7 nitrogen and oxygen atoms in total. The van der Waals surface area contributed by atoms with Crippen LogP contribution in [-0.2, 0) is 16.0 Å². The molecule has 2 aromatic carbocycles. The normalized spacial score (nSPS) is 16.6. The highest BCUT2D eigenvalue weighted by molar-refractivity contribution is 8.00. The lowest BCUT2D eigenvalue weighted by molar-refractivity contribution is -0.137. The SMILES string of the molecule is CCc1ccc(-n2c(=O)c3ccccc3n3c(S[C@@H]4CCOC4=O)nnc23)cc1. The minimum absolute atomic E-state index is 0.151. The van der Waals surface area contributed by atoms with E-state index in [0.29, 0.717) is 34.9 Å². The maximum Gasteiger partial charge on any atom is 0.319 e. The van der Waals surface area contributed by atoms with Crippen LogP contribution in [0.3, 0.4) is 0 Å². The monoisotopic (exact) mass is 406 g/mol. The summed E-state index contributed by atoms with van der Waals surface area (Å²) in [5.74, 6) is 0.186. The van der Waals surface area contributed by atoms with Gasteiger partial charge >= 0.3 is 5.97 Å². The third-order valence-electron chi connectivity index (χ3n) is 5.13. The Labute approximate surface area is 170 Å². The van der Waals surface area contributed by atoms with Gasteiger partial charge in [-0.1, -0.05) is 43.0 Å². The number of ether oxygens (including phenoxy) is 1. The van der Waals surface area contributed by atoms with Gasteiger partial charge in [-0.2, -0.15) is 0 Å². The Morgan fingerprint density at radius 2 is 1.90 bits per heavy atom. The lowest BCUT2D eigenvalue weighted by Crippen LogP contribution is -2.22. The summed E-state index contributed by atoms with van der Waals surface area (Å²) in [7, 11) is 0. The molecule has 0 radical (unpaired) electrons. The largest absolute Gasteiger partial charge is 0.465 e. The molecule has 3 heterocycles. The lowest BCUT2D eigenvalue weighted by Gasteiger charge is -2.12. The molecule has 0 aliphatic carbocycles. The van der Waals surface area contributed by atoms with Crippen molar-refractivity contribution in [1.29, 1.82) is 0 Å². The molecule has 0 bridgehead atoms. The van der Waals surface area contributed by atoms with Gasteiger partial charge in [-0.25, -0.2) is 4.57 Å². The van der Waals surface area contributed by atoms with Crippen molar-refractivity contribution in [3.63, 3.8) is 0 Å². The molecule has 1 aliphatic rings. The van der Waals surface area contributed by atoms with Gasteiger partial charge < -0.3 is 4.74 Å². The standard InChI is InChI=1S/C21H18N4O3S/c1-2-13-7-9-14(10-8-13)24-18(26)15-5-3-4-6-16(15)25-20(24)22-23-21(25)29-17-11-12-28-19(17)27/h3-10,17H,2,11-12H2,1H3/t17-/m1/s1. The fourth-order valence-corrected chi connectivity index (χ4v) is 4.59. The first-order valence-corrected chi connectivity index (χ1v) is 10.4. The van der Waals surface area contributed by atoms with E-state index >= 15 is 0 Å². The number of carbonyl (C=O) groups excluding carboxylic acids is 1. The molecule has 1 aliphatic heterocycles. The summed E-state index contributed by atoms with van der Waals surface area (Å²) >= 11 is 1.33. The van der Waals surface area contributed by atoms with Crippen LogP contribution in [0.15, 0.2) is 58.5 Å². The first-order chi connectivity index (χ1) is 14.2. The van der Waals surface area contributed by atoms with Gasteiger partial charge in [0, 0.05) is 6.42 Å². The van der Waals surface area contributed by atoms with Crippen LogP contribution in [0.5, 0.6) is 0 Å². The summed E-state index contributed by atoms with van der Waals surface area (Å²) in [6, 6.07) is 15.2. The van der Waals surface area contributed by atoms with Crippen LogP contribution in [0.4, 0.5) is 0 Å². The number of nitrogens with zero attached hydrogens (tertiary/aromatic N) is 4. The predicted octanol–water partition coefficient (Wildman–Crippen LogP) is 3.00. The Morgan fingerprint density at radius 1 is 1.10 bits per heavy atom. The summed E-state index contributed by atoms with van der Waals surface area (Å²) in [6.45, 7) is 2.51. The van der Waals surface area contributed by atoms with Crippen LogP contribution in [0.1, 0.15) is 18.9 Å². The van der Waals surface area contributed by atoms with Crippen molar-refractivity contribution in [3.05, 3.63) is 64.4 Å². The van der Waals surface area contributed by atoms with Crippen LogP contribution in [-0.4, -0.2) is 37.0 Å². The van der Waals surface area contributed by atoms with Gasteiger partial charge in [0.05, 0.1) is 23.2 Å². The van der Waals surface area contributed by atoms with Gasteiger partial charge in [-0.05, 0) is 36.2 Å². The second-order valence-electron chi connectivity index (χ2n) is 6.86. The number of aromatic nitrogens is 4. The zero-order chi connectivity index (χ0) is 20.0. The minimum atomic E-state index is -0.314. The van der Waals surface area contributed by atoms with E-state index in [0.717, 1.165) is 12.1 Å². The second-order valence-corrected chi connectivity index (χ2v) is 8.03. The fraction of sp³-hybridized carbons (Fsp3) is 0.238. The number of hydrogen-bond acceptors (Lipinski definition) is 6. The van der Waals surface area contributed by atoms with Crippen molar-refractivity contribution in [2.75, 3.05) is 6.61 Å². The van der Waals surface area contributed by atoms with Crippen molar-refractivity contribution in [1.82, 2.24) is 19.2 Å². The smallest absolute Gasteiger partial charge is 0.319 e. The maximum absolute atomic E-state index is 13.3. The zero-order valence-electron chi connectivity index (χ0n) is 15.7. The van der Waals surface area contributed by atoms with Crippen LogP contribution in [0, 0.1) is 0 Å². The third kappa shape index (κ3) is 2.91. The highest BCUT2D eigenvalue weighted by atomic mass is 32.2. The summed E-state index contributed by atoms with van der Waals surface area (Å²) in [4.78, 5) is 25.3. The maximum atomic E-state index is 13.3. The van der Waals surface area contributed by atoms with Crippen molar-refractivity contribution < 1.29 is 9.53 Å². The number of carbonyl (C=O) groups is 1. The van der Waals surface area contributed by atoms with Crippen LogP contribution < -0.4 is 5.56 Å². The summed E-state index contributed by atoms with van der Waals surface area (Å²) in [5.41, 5.74) is 2.48. The molecule has 5 rings (SSSR count). The first kappa shape index (κ1) is 17.9. The average molecular weight is 406 g/mol. The molecule has 0 amide bonds. The number of rotatable bonds is 4. The van der Waals surface area contributed by atoms with E-state index in [1.165, 1.54) is 17.3 Å². The molecule has 1 atom stereocenters. The summed E-state index contributed by atoms with van der Waals surface area (Å²) < 4.78 is 8.50. The molecule has 0 N–H and O–H groups in total. The minimum Gasteiger partial charge on any atom is -0.465 e. The van der Waals surface area contributed by atoms with Crippen molar-refractivity contribution in [2.45, 2.75) is 30.2 Å². The van der Waals surface area contributed by atoms with Gasteiger partial charge in [-0.3, -0.25) is 14.0 Å². The van der Waals surface area contributed by atoms with Crippen LogP contribution in [0.25, 0.3) is 22.4 Å². The van der Waals surface area contributed by atoms with Crippen molar-refractivity contribution in [3.8, 4) is 5.69 Å². The fourth-order valence-electron chi connectivity index (χ4n) is 3.58. The van der Waals surface area contributed by atoms with E-state index in [1.54, 1.807) is 10.6 Å². The molecule has 2 aromatic heterocycles. The number of benzene rings is 2. The molecule has 29 heavy (non-hydrogen) atoms. The average Bonchev–Trinajstić information content (AvgIpc) is 3.35. The van der Waals surface area contributed by atoms with Gasteiger partial charge in [0.1, 0.15) is 5.25 Å². The topological polar surface area (TPSA) is 78.5 Å². The zero-order valence-corrected chi connectivity index (χ0v) is 16.6. The first-order valence-electron chi connectivity index (χ1n) is 9.49. The number of aryl methyl sites for hydroxylation is 1. The van der Waals surface area contributed by atoms with Gasteiger partial charge in [0.25, 0.3) is 5.56 Å². The second kappa shape index (κ2) is 7.04. The molecule has 0 saturated carbocycles. The van der Waals surface area contributed by atoms with Crippen LogP contribution >= 0.6 is 11.8 Å². The molecule has 1 saturated heterocycles. The highest BCUT2D eigenvalue weighted by Gasteiger charge is 2.30. The van der Waals surface area contributed by atoms with Gasteiger partial charge in [-0.15, -0.1) is 10.2 Å². The molecule has 4 aromatic rings. The Hall–Kier alpha value is -3.13. The number of hydrogen-bond donors (Lipinski definition) is 0. The van der Waals surface area contributed by atoms with E-state index in [4.69, 9.17) is 4.74 Å². The Morgan fingerprint density at radius 3 is 2.62 bits per heavy atom. The highest BCUT2D eigenvalue weighted by Crippen LogP contribution is 2.30. The number of cyclic esters (lactones) is 1. The Kier molecular flexibility index (Phi) is 4.35. The Bertz CT molecular complexity index is 1290. The molecule has 1 fully saturated rings. The molecule has 0 spiro atoms. The van der Waals surface area contributed by atoms with E-state index < -0.39 is 0 Å². The van der Waals surface area contributed by atoms with E-state index in [1.807, 2.05) is 46.9 Å². The number of para-hydroxylation sites is 1. The van der Waals surface area contributed by atoms with Crippen molar-refractivity contribution in [2.24, 2.45) is 0 Å². The third-order valence-corrected chi connectivity index (χ3v) is 6.32. The van der Waals surface area contributed by atoms with E-state index in [9.17, 15) is 9.59 Å². The van der Waals surface area contributed by atoms with Crippen LogP contribution in [0.2, 0.25) is 0 Å². The molecular weight excluding hydrogens is 388 g/mol. The quantitative estimate of drug-likeness (QED) is 0.485. The van der Waals surface area contributed by atoms with Crippen molar-refractivity contribution >= 4 is 34.4 Å². The molecular formula is C21H18N4O3S. The van der Waals surface area contributed by atoms with Gasteiger partial charge in [0.15, 0.2) is 5.16 Å². The predicted molar refractivity (Wildman–Crippen MR) is 111 cm³/mol. The number of esters is 1.